The summed E-state index contributed by atoms with van der Waals surface area (Å²) < 4.78 is 11.1. The number of hydrogen-bond acceptors (Lipinski definition) is 5. The smallest absolute Gasteiger partial charge is 0.243 e. The van der Waals surface area contributed by atoms with Crippen LogP contribution in [0.25, 0.3) is 0 Å². The zero-order chi connectivity index (χ0) is 13.1. The molecule has 0 aromatic carbocycles. The van der Waals surface area contributed by atoms with Crippen molar-refractivity contribution in [3.05, 3.63) is 11.7 Å². The standard InChI is InChI=1S/C14H23N3O2/c1-18-12(10-6-3-2-4-7-10)13-16-14(19-17-13)11-8-5-9-15-11/h10-12,15H,2-9H2,1H3. The number of nitrogens with one attached hydrogen (secondary N) is 1. The Morgan fingerprint density at radius 1 is 1.21 bits per heavy atom. The third kappa shape index (κ3) is 2.82. The molecule has 2 fully saturated rings. The molecule has 1 aromatic heterocycles. The Bertz CT molecular complexity index is 395. The normalized spacial score (nSPS) is 26.7. The van der Waals surface area contributed by atoms with Gasteiger partial charge in [0.2, 0.25) is 11.7 Å². The molecule has 2 atom stereocenters. The lowest BCUT2D eigenvalue weighted by Gasteiger charge is -2.26. The molecule has 5 nitrogen and oxygen atoms in total. The Balaban J connectivity index is 1.71. The van der Waals surface area contributed by atoms with Gasteiger partial charge in [-0.15, -0.1) is 0 Å². The van der Waals surface area contributed by atoms with E-state index in [1.54, 1.807) is 7.11 Å². The van der Waals surface area contributed by atoms with Crippen molar-refractivity contribution in [3.8, 4) is 0 Å². The quantitative estimate of drug-likeness (QED) is 0.907. The van der Waals surface area contributed by atoms with E-state index in [1.807, 2.05) is 0 Å². The first-order valence-corrected chi connectivity index (χ1v) is 7.48. The summed E-state index contributed by atoms with van der Waals surface area (Å²) in [5, 5.41) is 7.54. The Hall–Kier alpha value is -0.940. The topological polar surface area (TPSA) is 60.2 Å². The Morgan fingerprint density at radius 3 is 2.74 bits per heavy atom. The van der Waals surface area contributed by atoms with E-state index in [1.165, 1.54) is 38.5 Å². The number of aromatic nitrogens is 2. The van der Waals surface area contributed by atoms with Crippen LogP contribution in [0.3, 0.4) is 0 Å². The van der Waals surface area contributed by atoms with Crippen LogP contribution in [0.5, 0.6) is 0 Å². The van der Waals surface area contributed by atoms with E-state index >= 15 is 0 Å². The molecule has 1 saturated heterocycles. The molecule has 1 aromatic rings. The van der Waals surface area contributed by atoms with E-state index in [0.717, 1.165) is 24.7 Å². The van der Waals surface area contributed by atoms with Gasteiger partial charge in [0.15, 0.2) is 0 Å². The lowest BCUT2D eigenvalue weighted by Crippen LogP contribution is -2.19. The molecule has 1 N–H and O–H groups in total. The highest BCUT2D eigenvalue weighted by atomic mass is 16.5. The first-order valence-electron chi connectivity index (χ1n) is 7.48. The summed E-state index contributed by atoms with van der Waals surface area (Å²) in [5.41, 5.74) is 0. The second-order valence-corrected chi connectivity index (χ2v) is 5.69. The van der Waals surface area contributed by atoms with Crippen molar-refractivity contribution in [1.82, 2.24) is 15.5 Å². The summed E-state index contributed by atoms with van der Waals surface area (Å²) in [6.07, 6.45) is 8.62. The third-order valence-electron chi connectivity index (χ3n) is 4.40. The summed E-state index contributed by atoms with van der Waals surface area (Å²) in [6.45, 7) is 1.04. The van der Waals surface area contributed by atoms with E-state index in [9.17, 15) is 0 Å². The molecule has 1 aliphatic carbocycles. The van der Waals surface area contributed by atoms with Crippen LogP contribution < -0.4 is 5.32 Å². The summed E-state index contributed by atoms with van der Waals surface area (Å²) in [5.74, 6) is 2.00. The maximum absolute atomic E-state index is 5.65. The Kier molecular flexibility index (Phi) is 4.13. The highest BCUT2D eigenvalue weighted by Gasteiger charge is 2.30. The van der Waals surface area contributed by atoms with Crippen LogP contribution in [0.15, 0.2) is 4.52 Å². The second kappa shape index (κ2) is 6.01. The lowest BCUT2D eigenvalue weighted by atomic mass is 9.85. The monoisotopic (exact) mass is 265 g/mol. The zero-order valence-electron chi connectivity index (χ0n) is 11.6. The molecule has 19 heavy (non-hydrogen) atoms. The van der Waals surface area contributed by atoms with Crippen molar-refractivity contribution in [2.24, 2.45) is 5.92 Å². The molecular formula is C14H23N3O2. The molecule has 2 heterocycles. The maximum Gasteiger partial charge on any atom is 0.243 e. The SMILES string of the molecule is COC(c1noc(C2CCCN2)n1)C1CCCCC1. The molecule has 0 spiro atoms. The summed E-state index contributed by atoms with van der Waals surface area (Å²) in [6, 6.07) is 0.241. The summed E-state index contributed by atoms with van der Waals surface area (Å²) in [4.78, 5) is 4.57. The van der Waals surface area contributed by atoms with Crippen molar-refractivity contribution in [3.63, 3.8) is 0 Å². The zero-order valence-corrected chi connectivity index (χ0v) is 11.6. The van der Waals surface area contributed by atoms with Crippen LogP contribution in [0, 0.1) is 5.92 Å². The molecule has 3 rings (SSSR count). The first-order chi connectivity index (χ1) is 9.38. The van der Waals surface area contributed by atoms with Gasteiger partial charge in [-0.25, -0.2) is 0 Å². The highest BCUT2D eigenvalue weighted by Crippen LogP contribution is 2.35. The van der Waals surface area contributed by atoms with Gasteiger partial charge in [0.1, 0.15) is 6.10 Å². The third-order valence-corrected chi connectivity index (χ3v) is 4.40. The van der Waals surface area contributed by atoms with Crippen LogP contribution in [0.1, 0.15) is 68.8 Å². The average Bonchev–Trinajstić information content (AvgIpc) is 3.11. The van der Waals surface area contributed by atoms with E-state index in [0.29, 0.717) is 5.92 Å². The van der Waals surface area contributed by atoms with E-state index in [2.05, 4.69) is 15.5 Å². The number of hydrogen-bond donors (Lipinski definition) is 1. The van der Waals surface area contributed by atoms with Crippen molar-refractivity contribution in [2.45, 2.75) is 57.1 Å². The number of methoxy groups -OCH3 is 1. The number of rotatable bonds is 4. The molecule has 0 amide bonds. The van der Waals surface area contributed by atoms with Crippen molar-refractivity contribution >= 4 is 0 Å². The van der Waals surface area contributed by atoms with Crippen molar-refractivity contribution < 1.29 is 9.26 Å². The molecule has 2 aliphatic rings. The van der Waals surface area contributed by atoms with Gasteiger partial charge in [-0.3, -0.25) is 0 Å². The van der Waals surface area contributed by atoms with Gasteiger partial charge in [-0.2, -0.15) is 4.98 Å². The fourth-order valence-electron chi connectivity index (χ4n) is 3.35. The van der Waals surface area contributed by atoms with Gasteiger partial charge in [0.25, 0.3) is 0 Å². The lowest BCUT2D eigenvalue weighted by molar-refractivity contribution is 0.0273. The largest absolute Gasteiger partial charge is 0.373 e. The summed E-state index contributed by atoms with van der Waals surface area (Å²) in [7, 11) is 1.75. The fraction of sp³-hybridized carbons (Fsp3) is 0.857. The van der Waals surface area contributed by atoms with Gasteiger partial charge in [-0.1, -0.05) is 24.4 Å². The minimum atomic E-state index is -0.000738. The minimum absolute atomic E-state index is 0.000738. The van der Waals surface area contributed by atoms with Crippen LogP contribution in [-0.4, -0.2) is 23.8 Å². The second-order valence-electron chi connectivity index (χ2n) is 5.69. The Morgan fingerprint density at radius 2 is 2.05 bits per heavy atom. The number of nitrogens with zero attached hydrogens (tertiary/aromatic N) is 2. The molecule has 106 valence electrons. The average molecular weight is 265 g/mol. The van der Waals surface area contributed by atoms with Crippen molar-refractivity contribution in [2.75, 3.05) is 13.7 Å². The van der Waals surface area contributed by atoms with Gasteiger partial charge in [0, 0.05) is 7.11 Å². The predicted octanol–water partition coefficient (Wildman–Crippen LogP) is 2.76. The van der Waals surface area contributed by atoms with Crippen LogP contribution in [-0.2, 0) is 4.74 Å². The molecular weight excluding hydrogens is 242 g/mol. The van der Waals surface area contributed by atoms with Gasteiger partial charge in [0.05, 0.1) is 6.04 Å². The first kappa shape index (κ1) is 13.1. The molecule has 1 aliphatic heterocycles. The van der Waals surface area contributed by atoms with E-state index in [4.69, 9.17) is 9.26 Å². The van der Waals surface area contributed by atoms with Crippen LogP contribution >= 0.6 is 0 Å². The minimum Gasteiger partial charge on any atom is -0.373 e. The van der Waals surface area contributed by atoms with E-state index < -0.39 is 0 Å². The van der Waals surface area contributed by atoms with Crippen molar-refractivity contribution in [1.29, 1.82) is 0 Å². The van der Waals surface area contributed by atoms with Crippen LogP contribution in [0.4, 0.5) is 0 Å². The molecule has 0 bridgehead atoms. The van der Waals surface area contributed by atoms with Gasteiger partial charge in [-0.05, 0) is 38.1 Å². The molecule has 1 saturated carbocycles. The highest BCUT2D eigenvalue weighted by molar-refractivity contribution is 4.99. The molecule has 2 unspecified atom stereocenters. The number of ether oxygens (including phenoxy) is 1. The van der Waals surface area contributed by atoms with Gasteiger partial charge >= 0.3 is 0 Å². The maximum atomic E-state index is 5.65. The fourth-order valence-corrected chi connectivity index (χ4v) is 3.35. The predicted molar refractivity (Wildman–Crippen MR) is 70.6 cm³/mol. The summed E-state index contributed by atoms with van der Waals surface area (Å²) >= 11 is 0. The van der Waals surface area contributed by atoms with Crippen LogP contribution in [0.2, 0.25) is 0 Å². The Labute approximate surface area is 114 Å². The van der Waals surface area contributed by atoms with Gasteiger partial charge < -0.3 is 14.6 Å². The molecule has 5 heteroatoms. The molecule has 0 radical (unpaired) electrons. The van der Waals surface area contributed by atoms with E-state index in [-0.39, 0.29) is 12.1 Å².